The first kappa shape index (κ1) is 17.2. The third-order valence-corrected chi connectivity index (χ3v) is 13.5. The second-order valence-corrected chi connectivity index (χ2v) is 17.2. The molecule has 0 rings (SSSR count). The van der Waals surface area contributed by atoms with Crippen LogP contribution in [0.15, 0.2) is 0 Å². The summed E-state index contributed by atoms with van der Waals surface area (Å²) in [7, 11) is -1.60. The molecule has 1 heteroatoms. The topological polar surface area (TPSA) is 0 Å². The SMILES string of the molecule is CC(C)(C)[Si](C(C)(C)C)(C(C)(C)C)C(C)(C)C. The van der Waals surface area contributed by atoms with Crippen molar-refractivity contribution >= 4 is 8.07 Å². The maximum atomic E-state index is 2.47. The molecule has 0 aliphatic carbocycles. The van der Waals surface area contributed by atoms with Crippen LogP contribution in [0.1, 0.15) is 83.1 Å². The van der Waals surface area contributed by atoms with E-state index >= 15 is 0 Å². The van der Waals surface area contributed by atoms with Gasteiger partial charge < -0.3 is 0 Å². The molecule has 0 nitrogen and oxygen atoms in total. The van der Waals surface area contributed by atoms with Gasteiger partial charge in [-0.3, -0.25) is 0 Å². The molecule has 0 amide bonds. The largest absolute Gasteiger partial charge is 0.0751 e. The lowest BCUT2D eigenvalue weighted by Crippen LogP contribution is -2.63. The van der Waals surface area contributed by atoms with Gasteiger partial charge in [-0.15, -0.1) is 0 Å². The Labute approximate surface area is 112 Å². The molecule has 0 aromatic rings. The zero-order valence-corrected chi connectivity index (χ0v) is 15.5. The summed E-state index contributed by atoms with van der Waals surface area (Å²) in [5, 5.41) is 1.62. The Hall–Kier alpha value is 0.217. The highest BCUT2D eigenvalue weighted by Crippen LogP contribution is 2.70. The van der Waals surface area contributed by atoms with Crippen LogP contribution in [0, 0.1) is 0 Å². The highest BCUT2D eigenvalue weighted by Gasteiger charge is 2.64. The van der Waals surface area contributed by atoms with E-state index in [9.17, 15) is 0 Å². The zero-order valence-electron chi connectivity index (χ0n) is 14.5. The fraction of sp³-hybridized carbons (Fsp3) is 1.00. The van der Waals surface area contributed by atoms with Crippen molar-refractivity contribution < 1.29 is 0 Å². The van der Waals surface area contributed by atoms with Gasteiger partial charge in [-0.2, -0.15) is 0 Å². The van der Waals surface area contributed by atoms with Crippen molar-refractivity contribution in [1.82, 2.24) is 0 Å². The quantitative estimate of drug-likeness (QED) is 0.426. The first-order chi connectivity index (χ1) is 7.00. The monoisotopic (exact) mass is 256 g/mol. The predicted molar refractivity (Wildman–Crippen MR) is 84.6 cm³/mol. The van der Waals surface area contributed by atoms with Crippen molar-refractivity contribution in [2.75, 3.05) is 0 Å². The van der Waals surface area contributed by atoms with E-state index in [0.29, 0.717) is 20.2 Å². The van der Waals surface area contributed by atoms with Crippen molar-refractivity contribution in [1.29, 1.82) is 0 Å². The van der Waals surface area contributed by atoms with Gasteiger partial charge in [-0.05, 0) is 20.2 Å². The van der Waals surface area contributed by atoms with Gasteiger partial charge in [0.15, 0.2) is 0 Å². The first-order valence-corrected chi connectivity index (χ1v) is 9.00. The van der Waals surface area contributed by atoms with Gasteiger partial charge in [0.05, 0.1) is 8.07 Å². The van der Waals surface area contributed by atoms with E-state index in [1.165, 1.54) is 0 Å². The lowest BCUT2D eigenvalue weighted by molar-refractivity contribution is 0.467. The minimum absolute atomic E-state index is 0.405. The maximum absolute atomic E-state index is 2.47. The molecule has 0 unspecified atom stereocenters. The van der Waals surface area contributed by atoms with Gasteiger partial charge in [0.25, 0.3) is 0 Å². The van der Waals surface area contributed by atoms with Gasteiger partial charge >= 0.3 is 0 Å². The van der Waals surface area contributed by atoms with Crippen LogP contribution in [0.25, 0.3) is 0 Å². The summed E-state index contributed by atoms with van der Waals surface area (Å²) in [6, 6.07) is 0. The van der Waals surface area contributed by atoms with E-state index in [1.54, 1.807) is 0 Å². The maximum Gasteiger partial charge on any atom is 0.0751 e. The predicted octanol–water partition coefficient (Wildman–Crippen LogP) is 6.64. The summed E-state index contributed by atoms with van der Waals surface area (Å²) in [5.41, 5.74) is 0. The molecular weight excluding hydrogens is 220 g/mol. The average Bonchev–Trinajstić information content (AvgIpc) is 1.67. The van der Waals surface area contributed by atoms with Crippen LogP contribution < -0.4 is 0 Å². The van der Waals surface area contributed by atoms with Crippen molar-refractivity contribution in [2.45, 2.75) is 103 Å². The second-order valence-electron chi connectivity index (χ2n) is 9.75. The summed E-state index contributed by atoms with van der Waals surface area (Å²) in [6.45, 7) is 29.7. The molecule has 0 N–H and O–H groups in total. The van der Waals surface area contributed by atoms with Gasteiger partial charge in [-0.1, -0.05) is 83.1 Å². The molecule has 0 aromatic heterocycles. The molecule has 0 radical (unpaired) electrons. The molecule has 0 saturated carbocycles. The van der Waals surface area contributed by atoms with Crippen LogP contribution in [0.3, 0.4) is 0 Å². The Morgan fingerprint density at radius 2 is 0.471 bits per heavy atom. The molecular formula is C16H36Si. The van der Waals surface area contributed by atoms with Gasteiger partial charge in [-0.25, -0.2) is 0 Å². The minimum atomic E-state index is -1.60. The van der Waals surface area contributed by atoms with Gasteiger partial charge in [0.2, 0.25) is 0 Å². The Balaban J connectivity index is 6.37. The third kappa shape index (κ3) is 2.50. The standard InChI is InChI=1S/C16H36Si/c1-13(2,3)17(14(4,5)6,15(7,8)9)16(10,11)12/h1-12H3. The smallest absolute Gasteiger partial charge is 0.0625 e. The Morgan fingerprint density at radius 1 is 0.353 bits per heavy atom. The fourth-order valence-corrected chi connectivity index (χ4v) is 20.2. The van der Waals surface area contributed by atoms with E-state index in [-0.39, 0.29) is 0 Å². The second kappa shape index (κ2) is 4.11. The van der Waals surface area contributed by atoms with Crippen molar-refractivity contribution in [3.63, 3.8) is 0 Å². The average molecular weight is 257 g/mol. The number of hydrogen-bond donors (Lipinski definition) is 0. The number of hydrogen-bond acceptors (Lipinski definition) is 0. The molecule has 0 spiro atoms. The zero-order chi connectivity index (χ0) is 14.5. The molecule has 0 aliphatic rings. The number of rotatable bonds is 0. The summed E-state index contributed by atoms with van der Waals surface area (Å²) in [6.07, 6.45) is 0. The van der Waals surface area contributed by atoms with E-state index in [0.717, 1.165) is 0 Å². The van der Waals surface area contributed by atoms with E-state index in [2.05, 4.69) is 83.1 Å². The third-order valence-electron chi connectivity index (χ3n) is 4.50. The van der Waals surface area contributed by atoms with E-state index in [1.807, 2.05) is 0 Å². The molecule has 0 saturated heterocycles. The molecule has 0 aromatic carbocycles. The summed E-state index contributed by atoms with van der Waals surface area (Å²) in [5.74, 6) is 0. The Morgan fingerprint density at radius 3 is 0.471 bits per heavy atom. The molecule has 0 heterocycles. The highest BCUT2D eigenvalue weighted by atomic mass is 28.3. The van der Waals surface area contributed by atoms with Crippen LogP contribution >= 0.6 is 0 Å². The van der Waals surface area contributed by atoms with Crippen LogP contribution in [-0.2, 0) is 0 Å². The Kier molecular flexibility index (Phi) is 4.17. The van der Waals surface area contributed by atoms with Crippen LogP contribution in [-0.4, -0.2) is 8.07 Å². The molecule has 17 heavy (non-hydrogen) atoms. The van der Waals surface area contributed by atoms with Crippen molar-refractivity contribution in [3.8, 4) is 0 Å². The molecule has 104 valence electrons. The highest BCUT2D eigenvalue weighted by molar-refractivity contribution is 6.90. The van der Waals surface area contributed by atoms with Crippen molar-refractivity contribution in [2.24, 2.45) is 0 Å². The molecule has 0 fully saturated rings. The molecule has 0 bridgehead atoms. The molecule has 0 aliphatic heterocycles. The summed E-state index contributed by atoms with van der Waals surface area (Å²) in [4.78, 5) is 0. The Bertz CT molecular complexity index is 198. The fourth-order valence-electron chi connectivity index (χ4n) is 6.75. The minimum Gasteiger partial charge on any atom is -0.0625 e. The first-order valence-electron chi connectivity index (χ1n) is 7.00. The van der Waals surface area contributed by atoms with E-state index < -0.39 is 8.07 Å². The summed E-state index contributed by atoms with van der Waals surface area (Å²) < 4.78 is 0. The van der Waals surface area contributed by atoms with Crippen LogP contribution in [0.2, 0.25) is 20.2 Å². The molecule has 0 atom stereocenters. The normalized spacial score (nSPS) is 16.2. The van der Waals surface area contributed by atoms with Gasteiger partial charge in [0, 0.05) is 0 Å². The van der Waals surface area contributed by atoms with Crippen molar-refractivity contribution in [3.05, 3.63) is 0 Å². The summed E-state index contributed by atoms with van der Waals surface area (Å²) >= 11 is 0. The lowest BCUT2D eigenvalue weighted by atomic mass is 10.2. The van der Waals surface area contributed by atoms with Gasteiger partial charge in [0.1, 0.15) is 0 Å². The van der Waals surface area contributed by atoms with Crippen LogP contribution in [0.4, 0.5) is 0 Å². The van der Waals surface area contributed by atoms with E-state index in [4.69, 9.17) is 0 Å². The lowest BCUT2D eigenvalue weighted by Gasteiger charge is -2.66. The van der Waals surface area contributed by atoms with Crippen LogP contribution in [0.5, 0.6) is 0 Å².